The lowest BCUT2D eigenvalue weighted by Crippen LogP contribution is -2.18. The van der Waals surface area contributed by atoms with Crippen molar-refractivity contribution >= 4 is 40.9 Å². The van der Waals surface area contributed by atoms with Crippen LogP contribution in [0.2, 0.25) is 0 Å². The van der Waals surface area contributed by atoms with E-state index in [0.29, 0.717) is 25.4 Å². The number of aromatic nitrogens is 1. The van der Waals surface area contributed by atoms with Crippen molar-refractivity contribution < 1.29 is 4.79 Å². The second kappa shape index (κ2) is 6.86. The van der Waals surface area contributed by atoms with Crippen LogP contribution >= 0.6 is 24.2 Å². The molecule has 0 saturated heterocycles. The number of thioether (sulfide) groups is 1. The van der Waals surface area contributed by atoms with Gasteiger partial charge in [-0.2, -0.15) is 0 Å². The number of ketones is 1. The normalized spacial score (nSPS) is 17.3. The number of hydrogen-bond acceptors (Lipinski definition) is 3. The molecule has 114 valence electrons. The predicted octanol–water partition coefficient (Wildman–Crippen LogP) is 3.58. The van der Waals surface area contributed by atoms with E-state index in [0.717, 1.165) is 12.2 Å². The molecule has 1 aromatic heterocycles. The number of hydrogen-bond donors (Lipinski definition) is 1. The summed E-state index contributed by atoms with van der Waals surface area (Å²) < 4.78 is 2.20. The van der Waals surface area contributed by atoms with Crippen LogP contribution in [0.25, 0.3) is 10.9 Å². The Kier molecular flexibility index (Phi) is 5.36. The summed E-state index contributed by atoms with van der Waals surface area (Å²) in [7, 11) is 0. The van der Waals surface area contributed by atoms with E-state index in [1.807, 2.05) is 24.8 Å². The summed E-state index contributed by atoms with van der Waals surface area (Å²) in [5.74, 6) is 1.80. The summed E-state index contributed by atoms with van der Waals surface area (Å²) in [4.78, 5) is 11.9. The van der Waals surface area contributed by atoms with Gasteiger partial charge in [0.1, 0.15) is 0 Å². The van der Waals surface area contributed by atoms with Crippen LogP contribution in [0.1, 0.15) is 31.2 Å². The Labute approximate surface area is 135 Å². The second-order valence-corrected chi connectivity index (χ2v) is 6.37. The van der Waals surface area contributed by atoms with E-state index in [4.69, 9.17) is 5.73 Å². The van der Waals surface area contributed by atoms with Gasteiger partial charge in [-0.3, -0.25) is 4.79 Å². The monoisotopic (exact) mass is 324 g/mol. The van der Waals surface area contributed by atoms with Gasteiger partial charge in [0.25, 0.3) is 0 Å². The predicted molar refractivity (Wildman–Crippen MR) is 91.6 cm³/mol. The van der Waals surface area contributed by atoms with Gasteiger partial charge >= 0.3 is 0 Å². The molecule has 1 aliphatic rings. The van der Waals surface area contributed by atoms with Crippen LogP contribution in [-0.2, 0) is 11.3 Å². The maximum atomic E-state index is 11.9. The number of carbonyl (C=O) groups is 1. The van der Waals surface area contributed by atoms with Gasteiger partial charge in [0.2, 0.25) is 0 Å². The molecule has 0 radical (unpaired) electrons. The molecule has 0 bridgehead atoms. The van der Waals surface area contributed by atoms with E-state index < -0.39 is 0 Å². The third-order valence-corrected chi connectivity index (χ3v) is 5.24. The Bertz CT molecular complexity index is 653. The average molecular weight is 325 g/mol. The Morgan fingerprint density at radius 3 is 2.90 bits per heavy atom. The lowest BCUT2D eigenvalue weighted by Gasteiger charge is -2.22. The van der Waals surface area contributed by atoms with Crippen LogP contribution in [0.4, 0.5) is 0 Å². The third-order valence-electron chi connectivity index (χ3n) is 4.09. The number of nitrogens with zero attached hydrogens (tertiary/aromatic N) is 1. The summed E-state index contributed by atoms with van der Waals surface area (Å²) in [6.07, 6.45) is 1.72. The van der Waals surface area contributed by atoms with Gasteiger partial charge in [0, 0.05) is 29.0 Å². The maximum Gasteiger partial charge on any atom is 0.152 e. The number of halogens is 1. The molecule has 0 saturated carbocycles. The number of Topliss-reactive ketones (excluding diaryl/α,β-unsaturated/α-hetero) is 1. The first kappa shape index (κ1) is 16.4. The fraction of sp³-hybridized carbons (Fsp3) is 0.438. The van der Waals surface area contributed by atoms with Crippen molar-refractivity contribution in [3.05, 3.63) is 29.8 Å². The average Bonchev–Trinajstić information content (AvgIpc) is 2.82. The summed E-state index contributed by atoms with van der Waals surface area (Å²) in [5.41, 5.74) is 8.50. The van der Waals surface area contributed by atoms with Gasteiger partial charge in [-0.25, -0.2) is 0 Å². The third kappa shape index (κ3) is 2.85. The number of carbonyl (C=O) groups excluding carboxylic acids is 1. The summed E-state index contributed by atoms with van der Waals surface area (Å²) in [6, 6.07) is 8.39. The Morgan fingerprint density at radius 1 is 1.43 bits per heavy atom. The summed E-state index contributed by atoms with van der Waals surface area (Å²) >= 11 is 1.87. The molecule has 21 heavy (non-hydrogen) atoms. The topological polar surface area (TPSA) is 48.0 Å². The molecule has 1 atom stereocenters. The highest BCUT2D eigenvalue weighted by molar-refractivity contribution is 7.99. The minimum absolute atomic E-state index is 0. The van der Waals surface area contributed by atoms with Crippen molar-refractivity contribution in [3.8, 4) is 0 Å². The number of nitrogens with two attached hydrogens (primary N) is 1. The first-order valence-electron chi connectivity index (χ1n) is 7.22. The number of fused-ring (bicyclic) bond motifs is 3. The molecular formula is C16H21ClN2OS. The zero-order chi connectivity index (χ0) is 14.1. The van der Waals surface area contributed by atoms with Crippen molar-refractivity contribution in [1.29, 1.82) is 0 Å². The van der Waals surface area contributed by atoms with E-state index in [1.54, 1.807) is 0 Å². The molecule has 5 heteroatoms. The fourth-order valence-corrected chi connectivity index (χ4v) is 4.33. The Hall–Kier alpha value is -0.970. The van der Waals surface area contributed by atoms with Gasteiger partial charge in [-0.1, -0.05) is 25.1 Å². The van der Waals surface area contributed by atoms with Gasteiger partial charge in [0.15, 0.2) is 5.78 Å². The van der Waals surface area contributed by atoms with Crippen molar-refractivity contribution in [1.82, 2.24) is 4.57 Å². The van der Waals surface area contributed by atoms with Crippen molar-refractivity contribution in [3.63, 3.8) is 0 Å². The van der Waals surface area contributed by atoms with E-state index in [1.165, 1.54) is 21.5 Å². The van der Waals surface area contributed by atoms with E-state index in [-0.39, 0.29) is 18.2 Å². The highest BCUT2D eigenvalue weighted by Crippen LogP contribution is 2.43. The minimum atomic E-state index is 0. The lowest BCUT2D eigenvalue weighted by atomic mass is 9.96. The van der Waals surface area contributed by atoms with Crippen LogP contribution in [0, 0.1) is 0 Å². The molecule has 0 aliphatic carbocycles. The lowest BCUT2D eigenvalue weighted by molar-refractivity contribution is -0.119. The molecule has 0 spiro atoms. The molecule has 2 aromatic rings. The molecular weight excluding hydrogens is 304 g/mol. The summed E-state index contributed by atoms with van der Waals surface area (Å²) in [6.45, 7) is 3.09. The minimum Gasteiger partial charge on any atom is -0.330 e. The van der Waals surface area contributed by atoms with Crippen LogP contribution in [-0.4, -0.2) is 22.6 Å². The van der Waals surface area contributed by atoms with E-state index >= 15 is 0 Å². The zero-order valence-corrected chi connectivity index (χ0v) is 13.8. The van der Waals surface area contributed by atoms with Crippen LogP contribution in [0.5, 0.6) is 0 Å². The van der Waals surface area contributed by atoms with Crippen molar-refractivity contribution in [2.24, 2.45) is 5.73 Å². The quantitative estimate of drug-likeness (QED) is 0.935. The Morgan fingerprint density at radius 2 is 2.19 bits per heavy atom. The molecule has 1 aromatic carbocycles. The molecule has 2 heterocycles. The molecule has 0 fully saturated rings. The second-order valence-electron chi connectivity index (χ2n) is 5.28. The first-order valence-corrected chi connectivity index (χ1v) is 8.20. The molecule has 3 nitrogen and oxygen atoms in total. The van der Waals surface area contributed by atoms with Crippen molar-refractivity contribution in [2.45, 2.75) is 37.3 Å². The highest BCUT2D eigenvalue weighted by atomic mass is 35.5. The van der Waals surface area contributed by atoms with Crippen LogP contribution in [0.15, 0.2) is 29.3 Å². The molecule has 1 unspecified atom stereocenters. The van der Waals surface area contributed by atoms with Crippen LogP contribution in [0.3, 0.4) is 0 Å². The first-order chi connectivity index (χ1) is 9.76. The SMILES string of the molecule is CCC(=O)Cn1c2c(c3ccccc31)C(CN)CCS2.Cl. The molecule has 2 N–H and O–H groups in total. The molecule has 0 amide bonds. The van der Waals surface area contributed by atoms with E-state index in [2.05, 4.69) is 22.8 Å². The van der Waals surface area contributed by atoms with Gasteiger partial charge in [-0.15, -0.1) is 24.2 Å². The van der Waals surface area contributed by atoms with Gasteiger partial charge < -0.3 is 10.3 Å². The van der Waals surface area contributed by atoms with Crippen molar-refractivity contribution in [2.75, 3.05) is 12.3 Å². The fourth-order valence-electron chi connectivity index (χ4n) is 2.98. The van der Waals surface area contributed by atoms with Gasteiger partial charge in [-0.05, 0) is 24.6 Å². The Balaban J connectivity index is 0.00000161. The van der Waals surface area contributed by atoms with Crippen LogP contribution < -0.4 is 5.73 Å². The highest BCUT2D eigenvalue weighted by Gasteiger charge is 2.27. The zero-order valence-electron chi connectivity index (χ0n) is 12.2. The maximum absolute atomic E-state index is 11.9. The van der Waals surface area contributed by atoms with E-state index in [9.17, 15) is 4.79 Å². The smallest absolute Gasteiger partial charge is 0.152 e. The molecule has 1 aliphatic heterocycles. The number of rotatable bonds is 4. The van der Waals surface area contributed by atoms with Gasteiger partial charge in [0.05, 0.1) is 11.6 Å². The molecule has 3 rings (SSSR count). The number of benzene rings is 1. The summed E-state index contributed by atoms with van der Waals surface area (Å²) in [5, 5.41) is 2.53. The number of para-hydroxylation sites is 1. The standard InChI is InChI=1S/C16H20N2OS.ClH/c1-2-12(19)10-18-14-6-4-3-5-13(14)15-11(9-17)7-8-20-16(15)18;/h3-6,11H,2,7-10,17H2,1H3;1H. The largest absolute Gasteiger partial charge is 0.330 e.